The maximum Gasteiger partial charge on any atom is 0.255 e. The number of likely N-dealkylation sites (N-methyl/N-ethyl adjacent to an activating group) is 1. The molecule has 1 aromatic carbocycles. The van der Waals surface area contributed by atoms with Crippen molar-refractivity contribution in [3.8, 4) is 0 Å². The number of rotatable bonds is 3. The summed E-state index contributed by atoms with van der Waals surface area (Å²) < 4.78 is 0. The van der Waals surface area contributed by atoms with Gasteiger partial charge in [-0.2, -0.15) is 0 Å². The number of hydrogen-bond acceptors (Lipinski definition) is 3. The summed E-state index contributed by atoms with van der Waals surface area (Å²) in [5, 5.41) is 0. The molecule has 2 fully saturated rings. The molecular formula is C24H31N3O. The van der Waals surface area contributed by atoms with Crippen LogP contribution in [0.15, 0.2) is 48.8 Å². The number of aromatic nitrogens is 1. The molecule has 2 aromatic rings. The van der Waals surface area contributed by atoms with Gasteiger partial charge in [0.15, 0.2) is 0 Å². The third-order valence-electron chi connectivity index (χ3n) is 6.82. The van der Waals surface area contributed by atoms with Crippen molar-refractivity contribution in [3.05, 3.63) is 65.5 Å². The number of carbonyl (C=O) groups excluding carboxylic acids is 1. The predicted octanol–water partition coefficient (Wildman–Crippen LogP) is 4.12. The monoisotopic (exact) mass is 377 g/mol. The fraction of sp³-hybridized carbons (Fsp3) is 0.500. The van der Waals surface area contributed by atoms with Crippen molar-refractivity contribution < 1.29 is 4.79 Å². The molecule has 1 unspecified atom stereocenters. The molecule has 4 nitrogen and oxygen atoms in total. The van der Waals surface area contributed by atoms with E-state index in [1.807, 2.05) is 17.9 Å². The van der Waals surface area contributed by atoms with Crippen molar-refractivity contribution in [3.63, 3.8) is 0 Å². The van der Waals surface area contributed by atoms with E-state index < -0.39 is 0 Å². The number of hydrogen-bond donors (Lipinski definition) is 0. The highest BCUT2D eigenvalue weighted by Gasteiger charge is 2.42. The minimum absolute atomic E-state index is 0.142. The Balaban J connectivity index is 1.47. The second kappa shape index (κ2) is 8.04. The van der Waals surface area contributed by atoms with Gasteiger partial charge in [0.1, 0.15) is 0 Å². The summed E-state index contributed by atoms with van der Waals surface area (Å²) in [6.07, 6.45) is 6.90. The lowest BCUT2D eigenvalue weighted by molar-refractivity contribution is 0.0158. The van der Waals surface area contributed by atoms with Crippen LogP contribution in [0.1, 0.15) is 53.6 Å². The number of nitrogens with zero attached hydrogens (tertiary/aromatic N) is 3. The molecule has 4 heteroatoms. The Kier molecular flexibility index (Phi) is 5.49. The predicted molar refractivity (Wildman–Crippen MR) is 112 cm³/mol. The van der Waals surface area contributed by atoms with E-state index in [0.717, 1.165) is 50.1 Å². The van der Waals surface area contributed by atoms with Gasteiger partial charge in [-0.25, -0.2) is 0 Å². The summed E-state index contributed by atoms with van der Waals surface area (Å²) in [7, 11) is 0. The normalized spacial score (nSPS) is 22.4. The smallest absolute Gasteiger partial charge is 0.255 e. The highest BCUT2D eigenvalue weighted by atomic mass is 16.2. The average molecular weight is 378 g/mol. The van der Waals surface area contributed by atoms with Crippen LogP contribution < -0.4 is 0 Å². The molecule has 0 N–H and O–H groups in total. The number of amides is 1. The zero-order chi connectivity index (χ0) is 19.6. The highest BCUT2D eigenvalue weighted by molar-refractivity contribution is 5.95. The van der Waals surface area contributed by atoms with Crippen LogP contribution in [-0.4, -0.2) is 53.4 Å². The van der Waals surface area contributed by atoms with Gasteiger partial charge in [-0.15, -0.1) is 0 Å². The van der Waals surface area contributed by atoms with Crippen LogP contribution in [0.25, 0.3) is 0 Å². The topological polar surface area (TPSA) is 36.4 Å². The minimum Gasteiger partial charge on any atom is -0.339 e. The van der Waals surface area contributed by atoms with Crippen LogP contribution in [0.4, 0.5) is 0 Å². The molecule has 0 bridgehead atoms. The van der Waals surface area contributed by atoms with Gasteiger partial charge in [0.2, 0.25) is 0 Å². The van der Waals surface area contributed by atoms with Crippen LogP contribution in [0.5, 0.6) is 0 Å². The molecule has 3 heterocycles. The Bertz CT molecular complexity index is 812. The van der Waals surface area contributed by atoms with Gasteiger partial charge >= 0.3 is 0 Å². The summed E-state index contributed by atoms with van der Waals surface area (Å²) >= 11 is 0. The van der Waals surface area contributed by atoms with Gasteiger partial charge in [-0.3, -0.25) is 9.78 Å². The van der Waals surface area contributed by atoms with E-state index in [1.54, 1.807) is 12.4 Å². The third-order valence-corrected chi connectivity index (χ3v) is 6.82. The largest absolute Gasteiger partial charge is 0.339 e. The lowest BCUT2D eigenvalue weighted by Crippen LogP contribution is -2.52. The van der Waals surface area contributed by atoms with Crippen molar-refractivity contribution in [1.29, 1.82) is 0 Å². The summed E-state index contributed by atoms with van der Waals surface area (Å²) in [5.41, 5.74) is 3.55. The highest BCUT2D eigenvalue weighted by Crippen LogP contribution is 2.45. The number of aryl methyl sites for hydroxylation is 1. The summed E-state index contributed by atoms with van der Waals surface area (Å²) in [5.74, 6) is 0.737. The number of carbonyl (C=O) groups is 1. The van der Waals surface area contributed by atoms with Crippen LogP contribution in [0, 0.1) is 12.3 Å². The Morgan fingerprint density at radius 2 is 1.93 bits per heavy atom. The second-order valence-electron chi connectivity index (χ2n) is 8.62. The van der Waals surface area contributed by atoms with E-state index >= 15 is 0 Å². The quantitative estimate of drug-likeness (QED) is 0.807. The van der Waals surface area contributed by atoms with Gasteiger partial charge < -0.3 is 9.80 Å². The Hall–Kier alpha value is -2.20. The molecule has 1 spiro atoms. The summed E-state index contributed by atoms with van der Waals surface area (Å²) in [4.78, 5) is 21.8. The van der Waals surface area contributed by atoms with Crippen molar-refractivity contribution in [2.75, 3.05) is 32.7 Å². The van der Waals surface area contributed by atoms with Crippen LogP contribution >= 0.6 is 0 Å². The van der Waals surface area contributed by atoms with Crippen molar-refractivity contribution in [1.82, 2.24) is 14.8 Å². The van der Waals surface area contributed by atoms with E-state index in [1.165, 1.54) is 18.5 Å². The molecule has 0 saturated carbocycles. The van der Waals surface area contributed by atoms with E-state index in [-0.39, 0.29) is 5.91 Å². The van der Waals surface area contributed by atoms with Crippen LogP contribution in [0.3, 0.4) is 0 Å². The maximum absolute atomic E-state index is 13.0. The van der Waals surface area contributed by atoms with Gasteiger partial charge in [0.25, 0.3) is 5.91 Å². The van der Waals surface area contributed by atoms with Crippen LogP contribution in [-0.2, 0) is 0 Å². The number of benzene rings is 1. The van der Waals surface area contributed by atoms with Crippen molar-refractivity contribution in [2.24, 2.45) is 5.41 Å². The first-order valence-electron chi connectivity index (χ1n) is 10.6. The Labute approximate surface area is 168 Å². The van der Waals surface area contributed by atoms with E-state index in [4.69, 9.17) is 0 Å². The molecule has 1 atom stereocenters. The standard InChI is InChI=1S/C24H31N3O/c1-3-26-17-21(20-7-5-4-6-8-20)15-24(18-26)10-13-27(14-11-24)23(28)22-16-25-12-9-19(22)2/h4-9,12,16,21H,3,10-11,13-15,17-18H2,1-2H3. The number of pyridine rings is 1. The van der Waals surface area contributed by atoms with E-state index in [9.17, 15) is 4.79 Å². The summed E-state index contributed by atoms with van der Waals surface area (Å²) in [6.45, 7) is 9.39. The fourth-order valence-corrected chi connectivity index (χ4v) is 5.10. The first-order chi connectivity index (χ1) is 13.6. The molecule has 148 valence electrons. The van der Waals surface area contributed by atoms with E-state index in [2.05, 4.69) is 47.1 Å². The van der Waals surface area contributed by atoms with Crippen LogP contribution in [0.2, 0.25) is 0 Å². The molecule has 1 aromatic heterocycles. The first kappa shape index (κ1) is 19.1. The molecule has 2 aliphatic rings. The second-order valence-corrected chi connectivity index (χ2v) is 8.62. The SMILES string of the molecule is CCN1CC(c2ccccc2)CC2(CCN(C(=O)c3cnccc3C)CC2)C1. The minimum atomic E-state index is 0.142. The molecule has 0 radical (unpaired) electrons. The fourth-order valence-electron chi connectivity index (χ4n) is 5.10. The molecule has 28 heavy (non-hydrogen) atoms. The zero-order valence-corrected chi connectivity index (χ0v) is 17.1. The van der Waals surface area contributed by atoms with Gasteiger partial charge in [0.05, 0.1) is 5.56 Å². The van der Waals surface area contributed by atoms with Gasteiger partial charge in [-0.1, -0.05) is 37.3 Å². The average Bonchev–Trinajstić information content (AvgIpc) is 2.74. The molecule has 2 saturated heterocycles. The summed E-state index contributed by atoms with van der Waals surface area (Å²) in [6, 6.07) is 12.9. The molecule has 0 aliphatic carbocycles. The Morgan fingerprint density at radius 1 is 1.18 bits per heavy atom. The first-order valence-corrected chi connectivity index (χ1v) is 10.6. The lowest BCUT2D eigenvalue weighted by atomic mass is 9.68. The van der Waals surface area contributed by atoms with Gasteiger partial charge in [-0.05, 0) is 61.3 Å². The van der Waals surface area contributed by atoms with Gasteiger partial charge in [0, 0.05) is 38.6 Å². The number of likely N-dealkylation sites (tertiary alicyclic amines) is 2. The Morgan fingerprint density at radius 3 is 2.61 bits per heavy atom. The van der Waals surface area contributed by atoms with Crippen molar-refractivity contribution in [2.45, 2.75) is 39.0 Å². The molecule has 2 aliphatic heterocycles. The lowest BCUT2D eigenvalue weighted by Gasteiger charge is -2.50. The maximum atomic E-state index is 13.0. The van der Waals surface area contributed by atoms with E-state index in [0.29, 0.717) is 11.3 Å². The molecule has 4 rings (SSSR count). The molecule has 1 amide bonds. The number of piperidine rings is 2. The van der Waals surface area contributed by atoms with Crippen molar-refractivity contribution >= 4 is 5.91 Å². The third kappa shape index (κ3) is 3.83. The zero-order valence-electron chi connectivity index (χ0n) is 17.1. The molecular weight excluding hydrogens is 346 g/mol.